The number of nitrogens with zero attached hydrogens (tertiary/aromatic N) is 5. The number of hydrogen-bond donors (Lipinski definition) is 3. The summed E-state index contributed by atoms with van der Waals surface area (Å²) < 4.78 is 5.69. The zero-order valence-electron chi connectivity index (χ0n) is 26.3. The zero-order valence-corrected chi connectivity index (χ0v) is 26.3. The molecule has 4 N–H and O–H groups in total. The molecule has 3 amide bonds. The fraction of sp³-hybridized carbons (Fsp3) is 0.394. The lowest BCUT2D eigenvalue weighted by Gasteiger charge is -2.37. The summed E-state index contributed by atoms with van der Waals surface area (Å²) in [6, 6.07) is 16.8. The van der Waals surface area contributed by atoms with Crippen LogP contribution in [0.5, 0.6) is 0 Å². The highest BCUT2D eigenvalue weighted by Crippen LogP contribution is 2.27. The lowest BCUT2D eigenvalue weighted by molar-refractivity contribution is -0.127. The van der Waals surface area contributed by atoms with Gasteiger partial charge < -0.3 is 30.9 Å². The molecule has 4 rings (SSSR count). The topological polar surface area (TPSA) is 156 Å². The lowest BCUT2D eigenvalue weighted by atomic mass is 9.87. The molecule has 0 aliphatic carbocycles. The standard InChI is InChI=1S/C33H42N8O4/c1-6-27(42)40-18-10-13-26(20-40)36-31-37-30(28(29(34)43)38-39-31)35-25-16-14-23(15-17-25)19-41(22(2)33(3,4)5)32(44)45-21-24-11-8-7-9-12-24/h6-9,11-12,14-17,22,26H,1,10,13,18-21H2,2-5H3,(H2,34,43)(H2,35,36,37,39). The SMILES string of the molecule is C=CC(=O)N1CCCC(Nc2nnc(C(N)=O)c(Nc3ccc(CN(C(=O)OCc4ccccc4)C(C)C(C)(C)C)cc3)n2)C1. The second-order valence-corrected chi connectivity index (χ2v) is 12.2. The summed E-state index contributed by atoms with van der Waals surface area (Å²) in [4.78, 5) is 45.4. The molecule has 2 unspecified atom stereocenters. The quantitative estimate of drug-likeness (QED) is 0.256. The highest BCUT2D eigenvalue weighted by molar-refractivity contribution is 5.96. The Kier molecular flexibility index (Phi) is 10.7. The summed E-state index contributed by atoms with van der Waals surface area (Å²) in [6.45, 7) is 13.5. The highest BCUT2D eigenvalue weighted by Gasteiger charge is 2.31. The molecule has 45 heavy (non-hydrogen) atoms. The molecule has 0 radical (unpaired) electrons. The third-order valence-electron chi connectivity index (χ3n) is 7.89. The Morgan fingerprint density at radius 2 is 1.82 bits per heavy atom. The molecule has 1 aliphatic rings. The molecule has 12 nitrogen and oxygen atoms in total. The molecular formula is C33H42N8O4. The Bertz CT molecular complexity index is 1490. The summed E-state index contributed by atoms with van der Waals surface area (Å²) in [7, 11) is 0. The molecule has 1 aromatic heterocycles. The van der Waals surface area contributed by atoms with Crippen molar-refractivity contribution in [2.45, 2.75) is 65.8 Å². The Hall–Kier alpha value is -5.00. The van der Waals surface area contributed by atoms with Crippen LogP contribution in [0.1, 0.15) is 62.2 Å². The van der Waals surface area contributed by atoms with Gasteiger partial charge in [0.2, 0.25) is 11.9 Å². The fourth-order valence-electron chi connectivity index (χ4n) is 4.90. The molecule has 2 heterocycles. The molecule has 0 spiro atoms. The number of rotatable bonds is 11. The van der Waals surface area contributed by atoms with Crippen LogP contribution in [0, 0.1) is 5.41 Å². The molecule has 12 heteroatoms. The van der Waals surface area contributed by atoms with Crippen LogP contribution in [0.4, 0.5) is 22.2 Å². The highest BCUT2D eigenvalue weighted by atomic mass is 16.6. The van der Waals surface area contributed by atoms with Gasteiger partial charge in [-0.25, -0.2) is 4.79 Å². The second-order valence-electron chi connectivity index (χ2n) is 12.2. The molecule has 3 aromatic rings. The lowest BCUT2D eigenvalue weighted by Crippen LogP contribution is -2.45. The molecular weight excluding hydrogens is 572 g/mol. The third-order valence-corrected chi connectivity index (χ3v) is 7.89. The van der Waals surface area contributed by atoms with Gasteiger partial charge in [0.15, 0.2) is 11.5 Å². The molecule has 2 atom stereocenters. The largest absolute Gasteiger partial charge is 0.445 e. The maximum Gasteiger partial charge on any atom is 0.410 e. The van der Waals surface area contributed by atoms with Crippen molar-refractivity contribution in [1.82, 2.24) is 25.0 Å². The van der Waals surface area contributed by atoms with Gasteiger partial charge in [0.25, 0.3) is 5.91 Å². The van der Waals surface area contributed by atoms with Gasteiger partial charge in [0.1, 0.15) is 6.61 Å². The van der Waals surface area contributed by atoms with Crippen LogP contribution in [0.2, 0.25) is 0 Å². The monoisotopic (exact) mass is 614 g/mol. The Balaban J connectivity index is 1.46. The first-order valence-corrected chi connectivity index (χ1v) is 15.0. The van der Waals surface area contributed by atoms with E-state index >= 15 is 0 Å². The van der Waals surface area contributed by atoms with Crippen molar-refractivity contribution in [2.24, 2.45) is 11.1 Å². The van der Waals surface area contributed by atoms with Crippen LogP contribution in [0.15, 0.2) is 67.3 Å². The number of likely N-dealkylation sites (tertiary alicyclic amines) is 1. The van der Waals surface area contributed by atoms with Crippen LogP contribution < -0.4 is 16.4 Å². The Morgan fingerprint density at radius 3 is 2.47 bits per heavy atom. The molecule has 0 saturated carbocycles. The van der Waals surface area contributed by atoms with E-state index in [0.717, 1.165) is 24.0 Å². The second kappa shape index (κ2) is 14.7. The van der Waals surface area contributed by atoms with Gasteiger partial charge in [-0.15, -0.1) is 10.2 Å². The third kappa shape index (κ3) is 9.01. The number of nitrogens with one attached hydrogen (secondary N) is 2. The number of benzene rings is 2. The van der Waals surface area contributed by atoms with E-state index in [1.54, 1.807) is 9.80 Å². The molecule has 0 bridgehead atoms. The number of ether oxygens (including phenoxy) is 1. The van der Waals surface area contributed by atoms with Gasteiger partial charge in [0.05, 0.1) is 0 Å². The van der Waals surface area contributed by atoms with Crippen LogP contribution in [0.25, 0.3) is 0 Å². The number of nitrogens with two attached hydrogens (primary N) is 1. The van der Waals surface area contributed by atoms with Crippen molar-refractivity contribution in [3.8, 4) is 0 Å². The maximum atomic E-state index is 13.3. The number of carbonyl (C=O) groups excluding carboxylic acids is 3. The number of piperidine rings is 1. The van der Waals surface area contributed by atoms with Crippen molar-refractivity contribution in [3.05, 3.63) is 84.1 Å². The maximum absolute atomic E-state index is 13.3. The predicted octanol–water partition coefficient (Wildman–Crippen LogP) is 4.88. The summed E-state index contributed by atoms with van der Waals surface area (Å²) >= 11 is 0. The summed E-state index contributed by atoms with van der Waals surface area (Å²) in [6.07, 6.45) is 2.54. The van der Waals surface area contributed by atoms with E-state index in [0.29, 0.717) is 25.3 Å². The first-order chi connectivity index (χ1) is 21.4. The summed E-state index contributed by atoms with van der Waals surface area (Å²) in [5, 5.41) is 14.4. The van der Waals surface area contributed by atoms with Gasteiger partial charge in [-0.2, -0.15) is 4.98 Å². The van der Waals surface area contributed by atoms with Crippen molar-refractivity contribution >= 4 is 35.4 Å². The van der Waals surface area contributed by atoms with Gasteiger partial charge in [-0.3, -0.25) is 9.59 Å². The number of hydrogen-bond acceptors (Lipinski definition) is 9. The predicted molar refractivity (Wildman–Crippen MR) is 173 cm³/mol. The molecule has 1 saturated heterocycles. The fourth-order valence-corrected chi connectivity index (χ4v) is 4.90. The first kappa shape index (κ1) is 32.9. The molecule has 1 fully saturated rings. The van der Waals surface area contributed by atoms with Crippen LogP contribution in [-0.2, 0) is 22.7 Å². The Morgan fingerprint density at radius 1 is 1.11 bits per heavy atom. The van der Waals surface area contributed by atoms with Gasteiger partial charge in [-0.1, -0.05) is 69.8 Å². The van der Waals surface area contributed by atoms with E-state index in [4.69, 9.17) is 10.5 Å². The van der Waals surface area contributed by atoms with E-state index in [2.05, 4.69) is 53.2 Å². The Labute approximate surface area is 264 Å². The van der Waals surface area contributed by atoms with Crippen LogP contribution in [-0.4, -0.2) is 68.1 Å². The van der Waals surface area contributed by atoms with Crippen LogP contribution in [0.3, 0.4) is 0 Å². The first-order valence-electron chi connectivity index (χ1n) is 15.0. The van der Waals surface area contributed by atoms with Crippen molar-refractivity contribution in [3.63, 3.8) is 0 Å². The molecule has 2 aromatic carbocycles. The van der Waals surface area contributed by atoms with Gasteiger partial charge in [0, 0.05) is 37.4 Å². The number of amides is 3. The van der Waals surface area contributed by atoms with Crippen LogP contribution >= 0.6 is 0 Å². The number of carbonyl (C=O) groups is 3. The van der Waals surface area contributed by atoms with E-state index in [1.807, 2.05) is 61.5 Å². The smallest absolute Gasteiger partial charge is 0.410 e. The average Bonchev–Trinajstić information content (AvgIpc) is 3.02. The summed E-state index contributed by atoms with van der Waals surface area (Å²) in [5.74, 6) is -0.551. The van der Waals surface area contributed by atoms with Gasteiger partial charge >= 0.3 is 6.09 Å². The normalized spacial score (nSPS) is 15.5. The summed E-state index contributed by atoms with van der Waals surface area (Å²) in [5.41, 5.74) is 7.71. The van der Waals surface area contributed by atoms with E-state index in [9.17, 15) is 14.4 Å². The van der Waals surface area contributed by atoms with Crippen molar-refractivity contribution < 1.29 is 19.1 Å². The average molecular weight is 615 g/mol. The number of aromatic nitrogens is 3. The van der Waals surface area contributed by atoms with E-state index in [1.165, 1.54) is 6.08 Å². The van der Waals surface area contributed by atoms with Gasteiger partial charge in [-0.05, 0) is 54.5 Å². The van der Waals surface area contributed by atoms with Crippen molar-refractivity contribution in [1.29, 1.82) is 0 Å². The molecule has 238 valence electrons. The minimum atomic E-state index is -0.776. The number of anilines is 3. The molecule has 1 aliphatic heterocycles. The zero-order chi connectivity index (χ0) is 32.6. The number of primary amides is 1. The van der Waals surface area contributed by atoms with E-state index in [-0.39, 0.29) is 47.5 Å². The van der Waals surface area contributed by atoms with Crippen molar-refractivity contribution in [2.75, 3.05) is 23.7 Å². The minimum absolute atomic E-state index is 0.0890. The van der Waals surface area contributed by atoms with E-state index < -0.39 is 12.0 Å². The minimum Gasteiger partial charge on any atom is -0.445 e.